The third-order valence-electron chi connectivity index (χ3n) is 4.13. The van der Waals surface area contributed by atoms with E-state index in [-0.39, 0.29) is 10.7 Å². The van der Waals surface area contributed by atoms with Crippen LogP contribution in [0.5, 0.6) is 11.5 Å². The number of hydrazone groups is 1. The fourth-order valence-electron chi connectivity index (χ4n) is 2.74. The zero-order valence-electron chi connectivity index (χ0n) is 16.8. The predicted molar refractivity (Wildman–Crippen MR) is 117 cm³/mol. The molecule has 3 aromatic rings. The van der Waals surface area contributed by atoms with Crippen molar-refractivity contribution in [1.29, 1.82) is 0 Å². The third-order valence-corrected chi connectivity index (χ3v) is 4.43. The SMILES string of the molecule is CCOc1cc(C=NNC(=O)c2cccnc2Cl)ccc1OCc1cccc(C)c1. The van der Waals surface area contributed by atoms with Crippen LogP contribution in [0.2, 0.25) is 5.15 Å². The summed E-state index contributed by atoms with van der Waals surface area (Å²) in [6, 6.07) is 16.8. The minimum atomic E-state index is -0.438. The molecule has 0 aliphatic heterocycles. The van der Waals surface area contributed by atoms with E-state index in [2.05, 4.69) is 21.6 Å². The Kier molecular flexibility index (Phi) is 7.40. The van der Waals surface area contributed by atoms with Crippen LogP contribution in [-0.2, 0) is 6.61 Å². The molecule has 1 amide bonds. The number of aromatic nitrogens is 1. The summed E-state index contributed by atoms with van der Waals surface area (Å²) in [5, 5.41) is 4.11. The molecule has 1 aromatic heterocycles. The number of nitrogens with one attached hydrogen (secondary N) is 1. The summed E-state index contributed by atoms with van der Waals surface area (Å²) in [7, 11) is 0. The van der Waals surface area contributed by atoms with Gasteiger partial charge in [0.25, 0.3) is 5.91 Å². The Labute approximate surface area is 180 Å². The summed E-state index contributed by atoms with van der Waals surface area (Å²) in [6.45, 7) is 4.89. The van der Waals surface area contributed by atoms with Gasteiger partial charge in [0.15, 0.2) is 11.5 Å². The van der Waals surface area contributed by atoms with Crippen LogP contribution in [0.4, 0.5) is 0 Å². The second-order valence-electron chi connectivity index (χ2n) is 6.46. The summed E-state index contributed by atoms with van der Waals surface area (Å²) in [4.78, 5) is 16.0. The maximum absolute atomic E-state index is 12.1. The van der Waals surface area contributed by atoms with E-state index in [4.69, 9.17) is 21.1 Å². The molecule has 30 heavy (non-hydrogen) atoms. The van der Waals surface area contributed by atoms with Gasteiger partial charge in [-0.05, 0) is 55.3 Å². The van der Waals surface area contributed by atoms with Gasteiger partial charge < -0.3 is 9.47 Å². The van der Waals surface area contributed by atoms with E-state index in [1.165, 1.54) is 18.0 Å². The molecule has 0 unspecified atom stereocenters. The quantitative estimate of drug-likeness (QED) is 0.321. The second kappa shape index (κ2) is 10.4. The van der Waals surface area contributed by atoms with Crippen LogP contribution < -0.4 is 14.9 Å². The highest BCUT2D eigenvalue weighted by Crippen LogP contribution is 2.29. The first-order valence-corrected chi connectivity index (χ1v) is 9.83. The number of carbonyl (C=O) groups excluding carboxylic acids is 1. The molecule has 0 saturated carbocycles. The van der Waals surface area contributed by atoms with Crippen molar-refractivity contribution in [3.63, 3.8) is 0 Å². The first-order valence-electron chi connectivity index (χ1n) is 9.46. The van der Waals surface area contributed by atoms with Crippen LogP contribution in [-0.4, -0.2) is 23.7 Å². The molecule has 0 saturated heterocycles. The van der Waals surface area contributed by atoms with Crippen molar-refractivity contribution in [2.24, 2.45) is 5.10 Å². The van der Waals surface area contributed by atoms with Crippen LogP contribution in [0, 0.1) is 6.92 Å². The highest BCUT2D eigenvalue weighted by Gasteiger charge is 2.10. The van der Waals surface area contributed by atoms with Gasteiger partial charge in [-0.15, -0.1) is 0 Å². The third kappa shape index (κ3) is 5.81. The van der Waals surface area contributed by atoms with Gasteiger partial charge in [-0.2, -0.15) is 5.10 Å². The molecule has 0 aliphatic carbocycles. The number of amides is 1. The van der Waals surface area contributed by atoms with Crippen molar-refractivity contribution < 1.29 is 14.3 Å². The number of hydrogen-bond acceptors (Lipinski definition) is 5. The average molecular weight is 424 g/mol. The summed E-state index contributed by atoms with van der Waals surface area (Å²) in [5.41, 5.74) is 5.71. The molecule has 0 atom stereocenters. The lowest BCUT2D eigenvalue weighted by Crippen LogP contribution is -2.18. The van der Waals surface area contributed by atoms with Gasteiger partial charge in [-0.25, -0.2) is 10.4 Å². The van der Waals surface area contributed by atoms with Gasteiger partial charge in [0.2, 0.25) is 0 Å². The van der Waals surface area contributed by atoms with E-state index in [0.717, 1.165) is 11.1 Å². The minimum absolute atomic E-state index is 0.124. The van der Waals surface area contributed by atoms with Gasteiger partial charge in [0.1, 0.15) is 11.8 Å². The average Bonchev–Trinajstić information content (AvgIpc) is 2.74. The molecule has 0 spiro atoms. The normalized spacial score (nSPS) is 10.8. The Balaban J connectivity index is 1.67. The molecule has 1 N–H and O–H groups in total. The monoisotopic (exact) mass is 423 g/mol. The van der Waals surface area contributed by atoms with Crippen molar-refractivity contribution in [2.45, 2.75) is 20.5 Å². The summed E-state index contributed by atoms with van der Waals surface area (Å²) in [5.74, 6) is 0.810. The van der Waals surface area contributed by atoms with E-state index < -0.39 is 5.91 Å². The smallest absolute Gasteiger partial charge is 0.274 e. The molecular formula is C23H22ClN3O3. The Morgan fingerprint density at radius 2 is 2.00 bits per heavy atom. The molecule has 1 heterocycles. The fraction of sp³-hybridized carbons (Fsp3) is 0.174. The zero-order chi connectivity index (χ0) is 21.3. The fourth-order valence-corrected chi connectivity index (χ4v) is 2.94. The topological polar surface area (TPSA) is 72.8 Å². The van der Waals surface area contributed by atoms with Crippen LogP contribution in [0.15, 0.2) is 65.9 Å². The molecule has 3 rings (SSSR count). The van der Waals surface area contributed by atoms with Crippen LogP contribution in [0.3, 0.4) is 0 Å². The maximum atomic E-state index is 12.1. The second-order valence-corrected chi connectivity index (χ2v) is 6.82. The highest BCUT2D eigenvalue weighted by atomic mass is 35.5. The van der Waals surface area contributed by atoms with Gasteiger partial charge in [0, 0.05) is 6.20 Å². The van der Waals surface area contributed by atoms with Gasteiger partial charge >= 0.3 is 0 Å². The summed E-state index contributed by atoms with van der Waals surface area (Å²) in [6.07, 6.45) is 3.04. The van der Waals surface area contributed by atoms with Crippen molar-refractivity contribution in [1.82, 2.24) is 10.4 Å². The summed E-state index contributed by atoms with van der Waals surface area (Å²) >= 11 is 5.92. The Hall–Kier alpha value is -3.38. The number of halogens is 1. The van der Waals surface area contributed by atoms with Crippen molar-refractivity contribution >= 4 is 23.7 Å². The number of benzene rings is 2. The maximum Gasteiger partial charge on any atom is 0.274 e. The standard InChI is InChI=1S/C23H22ClN3O3/c1-3-29-21-13-17(14-26-27-23(28)19-8-5-11-25-22(19)24)9-10-20(21)30-15-18-7-4-6-16(2)12-18/h4-14H,3,15H2,1-2H3,(H,27,28). The Morgan fingerprint density at radius 3 is 2.77 bits per heavy atom. The van der Waals surface area contributed by atoms with E-state index in [1.807, 2.05) is 50.2 Å². The van der Waals surface area contributed by atoms with E-state index in [0.29, 0.717) is 24.7 Å². The lowest BCUT2D eigenvalue weighted by molar-refractivity contribution is 0.0955. The van der Waals surface area contributed by atoms with Crippen LogP contribution in [0.25, 0.3) is 0 Å². The number of nitrogens with zero attached hydrogens (tertiary/aromatic N) is 2. The van der Waals surface area contributed by atoms with E-state index >= 15 is 0 Å². The predicted octanol–water partition coefficient (Wildman–Crippen LogP) is 4.79. The Bertz CT molecular complexity index is 1050. The minimum Gasteiger partial charge on any atom is -0.490 e. The largest absolute Gasteiger partial charge is 0.490 e. The number of hydrogen-bond donors (Lipinski definition) is 1. The lowest BCUT2D eigenvalue weighted by atomic mass is 10.1. The first-order chi connectivity index (χ1) is 14.6. The molecule has 0 bridgehead atoms. The molecule has 0 radical (unpaired) electrons. The lowest BCUT2D eigenvalue weighted by Gasteiger charge is -2.13. The number of carbonyl (C=O) groups is 1. The molecule has 6 nitrogen and oxygen atoms in total. The van der Waals surface area contributed by atoms with Crippen molar-refractivity contribution in [2.75, 3.05) is 6.61 Å². The number of rotatable bonds is 8. The molecule has 7 heteroatoms. The first kappa shape index (κ1) is 21.3. The van der Waals surface area contributed by atoms with Crippen LogP contribution >= 0.6 is 11.6 Å². The highest BCUT2D eigenvalue weighted by molar-refractivity contribution is 6.32. The van der Waals surface area contributed by atoms with Gasteiger partial charge in [-0.3, -0.25) is 4.79 Å². The van der Waals surface area contributed by atoms with E-state index in [1.54, 1.807) is 12.1 Å². The molecule has 0 aliphatic rings. The number of pyridine rings is 1. The molecular weight excluding hydrogens is 402 g/mol. The molecule has 2 aromatic carbocycles. The van der Waals surface area contributed by atoms with Crippen molar-refractivity contribution in [3.8, 4) is 11.5 Å². The van der Waals surface area contributed by atoms with E-state index in [9.17, 15) is 4.79 Å². The Morgan fingerprint density at radius 1 is 1.13 bits per heavy atom. The van der Waals surface area contributed by atoms with Crippen molar-refractivity contribution in [3.05, 3.63) is 88.2 Å². The van der Waals surface area contributed by atoms with Gasteiger partial charge in [-0.1, -0.05) is 41.4 Å². The number of aryl methyl sites for hydroxylation is 1. The molecule has 0 fully saturated rings. The van der Waals surface area contributed by atoms with Crippen LogP contribution in [0.1, 0.15) is 34.0 Å². The number of ether oxygens (including phenoxy) is 2. The molecule has 154 valence electrons. The zero-order valence-corrected chi connectivity index (χ0v) is 17.5. The summed E-state index contributed by atoms with van der Waals surface area (Å²) < 4.78 is 11.6. The van der Waals surface area contributed by atoms with Gasteiger partial charge in [0.05, 0.1) is 18.4 Å².